The van der Waals surface area contributed by atoms with Crippen LogP contribution < -0.4 is 10.6 Å². The molecule has 1 aliphatic rings. The number of hydrogen-bond donors (Lipinski definition) is 2. The molecule has 22 heavy (non-hydrogen) atoms. The number of urea groups is 1. The van der Waals surface area contributed by atoms with Crippen LogP contribution in [0.5, 0.6) is 0 Å². The van der Waals surface area contributed by atoms with Gasteiger partial charge in [0.15, 0.2) is 0 Å². The van der Waals surface area contributed by atoms with E-state index in [0.717, 1.165) is 4.68 Å². The molecule has 7 nitrogen and oxygen atoms in total. The lowest BCUT2D eigenvalue weighted by atomic mass is 10.2. The largest absolute Gasteiger partial charge is 0.421 e. The maximum absolute atomic E-state index is 13.1. The summed E-state index contributed by atoms with van der Waals surface area (Å²) in [7, 11) is 1.31. The van der Waals surface area contributed by atoms with Crippen molar-refractivity contribution in [2.45, 2.75) is 26.1 Å². The van der Waals surface area contributed by atoms with Gasteiger partial charge in [-0.05, 0) is 13.8 Å². The van der Waals surface area contributed by atoms with Crippen molar-refractivity contribution >= 4 is 17.8 Å². The van der Waals surface area contributed by atoms with Crippen molar-refractivity contribution < 1.29 is 22.8 Å². The fourth-order valence-electron chi connectivity index (χ4n) is 2.37. The average Bonchev–Trinajstić information content (AvgIpc) is 2.67. The van der Waals surface area contributed by atoms with Crippen LogP contribution in [0.2, 0.25) is 0 Å². The van der Waals surface area contributed by atoms with Gasteiger partial charge < -0.3 is 10.2 Å². The fourth-order valence-corrected chi connectivity index (χ4v) is 2.37. The van der Waals surface area contributed by atoms with E-state index in [4.69, 9.17) is 0 Å². The number of nitrogens with one attached hydrogen (secondary N) is 2. The van der Waals surface area contributed by atoms with Crippen molar-refractivity contribution in [2.24, 2.45) is 7.05 Å². The Morgan fingerprint density at radius 1 is 1.45 bits per heavy atom. The third-order valence-corrected chi connectivity index (χ3v) is 3.49. The quantitative estimate of drug-likeness (QED) is 0.813. The van der Waals surface area contributed by atoms with Crippen LogP contribution in [-0.4, -0.2) is 45.8 Å². The Bertz CT molecular complexity index is 611. The highest BCUT2D eigenvalue weighted by molar-refractivity contribution is 5.94. The molecule has 3 amide bonds. The summed E-state index contributed by atoms with van der Waals surface area (Å²) in [4.78, 5) is 24.9. The zero-order chi connectivity index (χ0) is 16.7. The van der Waals surface area contributed by atoms with Crippen molar-refractivity contribution in [3.8, 4) is 0 Å². The third-order valence-electron chi connectivity index (χ3n) is 3.49. The molecule has 1 fully saturated rings. The average molecular weight is 319 g/mol. The molecule has 1 saturated heterocycles. The van der Waals surface area contributed by atoms with Gasteiger partial charge in [0.25, 0.3) is 0 Å². The van der Waals surface area contributed by atoms with Crippen LogP contribution in [0.3, 0.4) is 0 Å². The Balaban J connectivity index is 2.27. The summed E-state index contributed by atoms with van der Waals surface area (Å²) >= 11 is 0. The monoisotopic (exact) mass is 319 g/mol. The van der Waals surface area contributed by atoms with Gasteiger partial charge in [0, 0.05) is 20.1 Å². The first kappa shape index (κ1) is 16.1. The van der Waals surface area contributed by atoms with E-state index in [2.05, 4.69) is 15.7 Å². The molecule has 1 aromatic heterocycles. The number of piperazine rings is 1. The zero-order valence-corrected chi connectivity index (χ0v) is 12.3. The summed E-state index contributed by atoms with van der Waals surface area (Å²) in [6.07, 6.45) is -4.63. The molecular weight excluding hydrogens is 303 g/mol. The number of anilines is 1. The normalized spacial score (nSPS) is 19.1. The smallest absolute Gasteiger partial charge is 0.353 e. The summed E-state index contributed by atoms with van der Waals surface area (Å²) in [5.41, 5.74) is -1.22. The summed E-state index contributed by atoms with van der Waals surface area (Å²) < 4.78 is 40.2. The topological polar surface area (TPSA) is 79.3 Å². The molecule has 1 aliphatic heterocycles. The molecule has 1 atom stereocenters. The van der Waals surface area contributed by atoms with Crippen LogP contribution in [0, 0.1) is 6.92 Å². The summed E-state index contributed by atoms with van der Waals surface area (Å²) in [6.45, 7) is 3.20. The molecule has 1 unspecified atom stereocenters. The van der Waals surface area contributed by atoms with E-state index >= 15 is 0 Å². The first-order valence-corrected chi connectivity index (χ1v) is 6.59. The van der Waals surface area contributed by atoms with E-state index in [-0.39, 0.29) is 24.7 Å². The highest BCUT2D eigenvalue weighted by Gasteiger charge is 2.40. The Morgan fingerprint density at radius 3 is 2.68 bits per heavy atom. The lowest BCUT2D eigenvalue weighted by Crippen LogP contribution is -2.57. The van der Waals surface area contributed by atoms with Crippen molar-refractivity contribution in [1.29, 1.82) is 0 Å². The number of hydrogen-bond acceptors (Lipinski definition) is 3. The number of carbonyl (C=O) groups excluding carboxylic acids is 2. The molecule has 2 N–H and O–H groups in total. The molecule has 10 heteroatoms. The Kier molecular flexibility index (Phi) is 4.03. The number of alkyl halides is 3. The second kappa shape index (κ2) is 5.50. The molecular formula is C12H16F3N5O2. The van der Waals surface area contributed by atoms with Gasteiger partial charge in [0.05, 0.1) is 5.69 Å². The van der Waals surface area contributed by atoms with E-state index in [9.17, 15) is 22.8 Å². The second-order valence-electron chi connectivity index (χ2n) is 5.02. The summed E-state index contributed by atoms with van der Waals surface area (Å²) in [6, 6.07) is -1.52. The van der Waals surface area contributed by atoms with E-state index < -0.39 is 29.6 Å². The second-order valence-corrected chi connectivity index (χ2v) is 5.02. The molecule has 0 saturated carbocycles. The van der Waals surface area contributed by atoms with E-state index in [1.54, 1.807) is 0 Å². The van der Waals surface area contributed by atoms with Crippen molar-refractivity contribution in [3.05, 3.63) is 11.3 Å². The molecule has 0 radical (unpaired) electrons. The van der Waals surface area contributed by atoms with E-state index in [0.29, 0.717) is 0 Å². The summed E-state index contributed by atoms with van der Waals surface area (Å²) in [5, 5.41) is 8.48. The van der Waals surface area contributed by atoms with Gasteiger partial charge in [-0.15, -0.1) is 0 Å². The SMILES string of the molecule is Cc1nn(C)c(NC(=O)N2CCNC(=O)C2C)c1C(F)(F)F. The molecule has 0 bridgehead atoms. The Morgan fingerprint density at radius 2 is 2.09 bits per heavy atom. The fraction of sp³-hybridized carbons (Fsp3) is 0.583. The van der Waals surface area contributed by atoms with Crippen LogP contribution in [0.4, 0.5) is 23.8 Å². The van der Waals surface area contributed by atoms with Crippen LogP contribution in [-0.2, 0) is 18.0 Å². The number of amides is 3. The molecule has 2 heterocycles. The maximum Gasteiger partial charge on any atom is 0.421 e. The number of aryl methyl sites for hydroxylation is 2. The molecule has 0 aromatic carbocycles. The Hall–Kier alpha value is -2.26. The number of nitrogens with zero attached hydrogens (tertiary/aromatic N) is 3. The minimum atomic E-state index is -4.63. The number of rotatable bonds is 1. The minimum absolute atomic E-state index is 0.219. The predicted octanol–water partition coefficient (Wildman–Crippen LogP) is 1.10. The third kappa shape index (κ3) is 2.85. The van der Waals surface area contributed by atoms with Crippen LogP contribution in [0.25, 0.3) is 0 Å². The molecule has 122 valence electrons. The van der Waals surface area contributed by atoms with Crippen molar-refractivity contribution in [2.75, 3.05) is 18.4 Å². The first-order chi connectivity index (χ1) is 10.1. The van der Waals surface area contributed by atoms with Gasteiger partial charge >= 0.3 is 12.2 Å². The number of aromatic nitrogens is 2. The minimum Gasteiger partial charge on any atom is -0.353 e. The molecule has 1 aromatic rings. The standard InChI is InChI=1S/C12H16F3N5O2/c1-6-8(12(13,14)15)9(19(3)18-6)17-11(22)20-5-4-16-10(21)7(20)2/h7H,4-5H2,1-3H3,(H,16,21)(H,17,22). The van der Waals surface area contributed by atoms with Gasteiger partial charge in [-0.2, -0.15) is 18.3 Å². The van der Waals surface area contributed by atoms with Crippen LogP contribution >= 0.6 is 0 Å². The Labute approximate surface area is 124 Å². The maximum atomic E-state index is 13.1. The molecule has 0 spiro atoms. The van der Waals surface area contributed by atoms with Crippen LogP contribution in [0.15, 0.2) is 0 Å². The highest BCUT2D eigenvalue weighted by atomic mass is 19.4. The summed E-state index contributed by atoms with van der Waals surface area (Å²) in [5.74, 6) is -0.785. The van der Waals surface area contributed by atoms with Crippen LogP contribution in [0.1, 0.15) is 18.2 Å². The van der Waals surface area contributed by atoms with E-state index in [1.807, 2.05) is 0 Å². The lowest BCUT2D eigenvalue weighted by Gasteiger charge is -2.32. The molecule has 2 rings (SSSR count). The zero-order valence-electron chi connectivity index (χ0n) is 12.3. The highest BCUT2D eigenvalue weighted by Crippen LogP contribution is 2.37. The van der Waals surface area contributed by atoms with E-state index in [1.165, 1.54) is 25.8 Å². The van der Waals surface area contributed by atoms with Gasteiger partial charge in [0.2, 0.25) is 5.91 Å². The van der Waals surface area contributed by atoms with Gasteiger partial charge in [-0.3, -0.25) is 14.8 Å². The number of carbonyl (C=O) groups is 2. The molecule has 0 aliphatic carbocycles. The van der Waals surface area contributed by atoms with Gasteiger partial charge in [-0.1, -0.05) is 0 Å². The van der Waals surface area contributed by atoms with Crippen molar-refractivity contribution in [1.82, 2.24) is 20.0 Å². The first-order valence-electron chi connectivity index (χ1n) is 6.59. The van der Waals surface area contributed by atoms with Gasteiger partial charge in [-0.25, -0.2) is 4.79 Å². The van der Waals surface area contributed by atoms with Gasteiger partial charge in [0.1, 0.15) is 17.4 Å². The number of halogens is 3. The van der Waals surface area contributed by atoms with Crippen molar-refractivity contribution in [3.63, 3.8) is 0 Å². The lowest BCUT2D eigenvalue weighted by molar-refractivity contribution is -0.137. The predicted molar refractivity (Wildman–Crippen MR) is 71.1 cm³/mol.